The first-order valence-corrected chi connectivity index (χ1v) is 6.96. The summed E-state index contributed by atoms with van der Waals surface area (Å²) in [6.45, 7) is 0.500. The van der Waals surface area contributed by atoms with Crippen molar-refractivity contribution in [3.63, 3.8) is 0 Å². The first kappa shape index (κ1) is 13.5. The summed E-state index contributed by atoms with van der Waals surface area (Å²) in [7, 11) is 0. The van der Waals surface area contributed by atoms with Crippen LogP contribution in [0.25, 0.3) is 6.08 Å². The van der Waals surface area contributed by atoms with Gasteiger partial charge in [-0.3, -0.25) is 0 Å². The Morgan fingerprint density at radius 2 is 1.89 bits per heavy atom. The monoisotopic (exact) mass is 274 g/mol. The average Bonchev–Trinajstić information content (AvgIpc) is 2.44. The molecule has 0 fully saturated rings. The minimum absolute atomic E-state index is 0.500. The maximum absolute atomic E-state index is 10.6. The fourth-order valence-electron chi connectivity index (χ4n) is 1.59. The Bertz CT molecular complexity index is 579. The van der Waals surface area contributed by atoms with Crippen LogP contribution in [0.2, 0.25) is 0 Å². The molecule has 1 atom stereocenters. The van der Waals surface area contributed by atoms with Gasteiger partial charge in [-0.25, -0.2) is 4.21 Å². The Morgan fingerprint density at radius 3 is 2.63 bits per heavy atom. The smallest absolute Gasteiger partial charge is 0.178 e. The predicted molar refractivity (Wildman–Crippen MR) is 77.0 cm³/mol. The molecule has 0 saturated carbocycles. The van der Waals surface area contributed by atoms with Crippen LogP contribution in [-0.4, -0.2) is 8.76 Å². The van der Waals surface area contributed by atoms with Crippen LogP contribution in [0.3, 0.4) is 0 Å². The summed E-state index contributed by atoms with van der Waals surface area (Å²) >= 11 is -1.93. The van der Waals surface area contributed by atoms with Crippen molar-refractivity contribution in [3.05, 3.63) is 71.1 Å². The van der Waals surface area contributed by atoms with Crippen molar-refractivity contribution in [2.45, 2.75) is 6.61 Å². The number of rotatable bonds is 5. The molecule has 0 aliphatic rings. The van der Waals surface area contributed by atoms with Gasteiger partial charge >= 0.3 is 0 Å². The van der Waals surface area contributed by atoms with Gasteiger partial charge in [0, 0.05) is 5.41 Å². The maximum Gasteiger partial charge on any atom is 0.178 e. The van der Waals surface area contributed by atoms with Crippen LogP contribution in [0, 0.1) is 0 Å². The predicted octanol–water partition coefficient (Wildman–Crippen LogP) is 3.46. The summed E-state index contributed by atoms with van der Waals surface area (Å²) in [6.07, 6.45) is 1.59. The van der Waals surface area contributed by atoms with Crippen LogP contribution < -0.4 is 4.74 Å². The molecule has 98 valence electrons. The van der Waals surface area contributed by atoms with E-state index in [4.69, 9.17) is 9.29 Å². The second-order valence-corrected chi connectivity index (χ2v) is 4.75. The number of benzene rings is 2. The Kier molecular flexibility index (Phi) is 4.89. The summed E-state index contributed by atoms with van der Waals surface area (Å²) in [4.78, 5) is 0. The van der Waals surface area contributed by atoms with Crippen molar-refractivity contribution in [2.75, 3.05) is 0 Å². The standard InChI is InChI=1S/C15H14O3S/c16-19(17)10-9-13-7-4-8-15(11-13)18-12-14-5-2-1-3-6-14/h1-11H,12H2,(H,16,17)/b10-9+. The van der Waals surface area contributed by atoms with Crippen LogP contribution in [0.1, 0.15) is 11.1 Å². The Balaban J connectivity index is 2.01. The fourth-order valence-corrected chi connectivity index (χ4v) is 1.86. The first-order valence-electron chi connectivity index (χ1n) is 5.79. The molecule has 0 aromatic heterocycles. The van der Waals surface area contributed by atoms with E-state index >= 15 is 0 Å². The van der Waals surface area contributed by atoms with E-state index in [1.807, 2.05) is 54.6 Å². The topological polar surface area (TPSA) is 46.5 Å². The van der Waals surface area contributed by atoms with Crippen LogP contribution in [0.4, 0.5) is 0 Å². The third kappa shape index (κ3) is 4.69. The molecule has 0 amide bonds. The van der Waals surface area contributed by atoms with E-state index in [-0.39, 0.29) is 0 Å². The lowest BCUT2D eigenvalue weighted by atomic mass is 10.2. The molecule has 2 aromatic rings. The summed E-state index contributed by atoms with van der Waals surface area (Å²) in [5.74, 6) is 0.731. The van der Waals surface area contributed by atoms with Crippen LogP contribution in [-0.2, 0) is 17.7 Å². The highest BCUT2D eigenvalue weighted by molar-refractivity contribution is 7.82. The molecule has 0 heterocycles. The van der Waals surface area contributed by atoms with Gasteiger partial charge in [-0.15, -0.1) is 0 Å². The highest BCUT2D eigenvalue weighted by Gasteiger charge is 1.96. The molecule has 2 rings (SSSR count). The second-order valence-electron chi connectivity index (χ2n) is 3.93. The van der Waals surface area contributed by atoms with E-state index in [2.05, 4.69) is 0 Å². The van der Waals surface area contributed by atoms with Crippen LogP contribution in [0.5, 0.6) is 5.75 Å². The number of hydrogen-bond donors (Lipinski definition) is 1. The largest absolute Gasteiger partial charge is 0.489 e. The van der Waals surface area contributed by atoms with Crippen molar-refractivity contribution < 1.29 is 13.5 Å². The van der Waals surface area contributed by atoms with E-state index in [1.165, 1.54) is 5.41 Å². The lowest BCUT2D eigenvalue weighted by Gasteiger charge is -2.06. The quantitative estimate of drug-likeness (QED) is 0.849. The molecule has 0 spiro atoms. The minimum Gasteiger partial charge on any atom is -0.489 e. The van der Waals surface area contributed by atoms with Gasteiger partial charge in [0.15, 0.2) is 11.1 Å². The Labute approximate surface area is 114 Å². The van der Waals surface area contributed by atoms with Crippen molar-refractivity contribution >= 4 is 17.2 Å². The highest BCUT2D eigenvalue weighted by atomic mass is 32.2. The van der Waals surface area contributed by atoms with Gasteiger partial charge in [0.25, 0.3) is 0 Å². The summed E-state index contributed by atoms with van der Waals surface area (Å²) in [6, 6.07) is 17.3. The van der Waals surface area contributed by atoms with E-state index in [0.29, 0.717) is 6.61 Å². The van der Waals surface area contributed by atoms with Crippen molar-refractivity contribution in [3.8, 4) is 5.75 Å². The molecule has 4 heteroatoms. The molecule has 0 bridgehead atoms. The zero-order valence-electron chi connectivity index (χ0n) is 10.2. The SMILES string of the molecule is O=S(O)/C=C/c1cccc(OCc2ccccc2)c1. The number of ether oxygens (including phenoxy) is 1. The molecule has 1 N–H and O–H groups in total. The van der Waals surface area contributed by atoms with Gasteiger partial charge in [-0.05, 0) is 29.3 Å². The molecule has 1 unspecified atom stereocenters. The summed E-state index contributed by atoms with van der Waals surface area (Å²) in [5, 5.41) is 1.22. The van der Waals surface area contributed by atoms with Gasteiger partial charge in [0.1, 0.15) is 12.4 Å². The zero-order valence-corrected chi connectivity index (χ0v) is 11.0. The molecule has 0 aliphatic carbocycles. The van der Waals surface area contributed by atoms with E-state index < -0.39 is 11.1 Å². The lowest BCUT2D eigenvalue weighted by Crippen LogP contribution is -1.94. The molecule has 0 radical (unpaired) electrons. The van der Waals surface area contributed by atoms with Gasteiger partial charge in [-0.1, -0.05) is 42.5 Å². The van der Waals surface area contributed by atoms with Crippen molar-refractivity contribution in [1.82, 2.24) is 0 Å². The zero-order chi connectivity index (χ0) is 13.5. The lowest BCUT2D eigenvalue weighted by molar-refractivity contribution is 0.306. The average molecular weight is 274 g/mol. The minimum atomic E-state index is -1.93. The first-order chi connectivity index (χ1) is 9.24. The fraction of sp³-hybridized carbons (Fsp3) is 0.0667. The Morgan fingerprint density at radius 1 is 1.11 bits per heavy atom. The van der Waals surface area contributed by atoms with Gasteiger partial charge in [0.05, 0.1) is 0 Å². The van der Waals surface area contributed by atoms with Crippen LogP contribution in [0.15, 0.2) is 60.0 Å². The summed E-state index contributed by atoms with van der Waals surface area (Å²) < 4.78 is 24.9. The molecular weight excluding hydrogens is 260 g/mol. The number of hydrogen-bond acceptors (Lipinski definition) is 2. The van der Waals surface area contributed by atoms with E-state index in [0.717, 1.165) is 16.9 Å². The third-order valence-corrected chi connectivity index (χ3v) is 2.85. The van der Waals surface area contributed by atoms with Gasteiger partial charge < -0.3 is 9.29 Å². The second kappa shape index (κ2) is 6.87. The Hall–Kier alpha value is -1.91. The van der Waals surface area contributed by atoms with Crippen molar-refractivity contribution in [2.24, 2.45) is 0 Å². The van der Waals surface area contributed by atoms with E-state index in [1.54, 1.807) is 6.08 Å². The molecule has 0 aliphatic heterocycles. The molecule has 3 nitrogen and oxygen atoms in total. The van der Waals surface area contributed by atoms with E-state index in [9.17, 15) is 4.21 Å². The molecule has 19 heavy (non-hydrogen) atoms. The molecule has 2 aromatic carbocycles. The maximum atomic E-state index is 10.6. The molecule has 0 saturated heterocycles. The van der Waals surface area contributed by atoms with Crippen molar-refractivity contribution in [1.29, 1.82) is 0 Å². The highest BCUT2D eigenvalue weighted by Crippen LogP contribution is 2.16. The van der Waals surface area contributed by atoms with Gasteiger partial charge in [-0.2, -0.15) is 0 Å². The summed E-state index contributed by atoms with van der Waals surface area (Å²) in [5.41, 5.74) is 1.92. The molecular formula is C15H14O3S. The van der Waals surface area contributed by atoms with Gasteiger partial charge in [0.2, 0.25) is 0 Å². The van der Waals surface area contributed by atoms with Crippen LogP contribution >= 0.6 is 0 Å². The third-order valence-electron chi connectivity index (χ3n) is 2.48. The normalized spacial score (nSPS) is 12.5.